The Labute approximate surface area is 156 Å². The van der Waals surface area contributed by atoms with Gasteiger partial charge in [-0.05, 0) is 36.4 Å². The van der Waals surface area contributed by atoms with Gasteiger partial charge in [-0.1, -0.05) is 29.3 Å². The van der Waals surface area contributed by atoms with E-state index in [9.17, 15) is 9.59 Å². The van der Waals surface area contributed by atoms with Crippen LogP contribution in [0.4, 0.5) is 5.69 Å². The van der Waals surface area contributed by atoms with Gasteiger partial charge in [0.15, 0.2) is 5.65 Å². The Morgan fingerprint density at radius 1 is 1.12 bits per heavy atom. The quantitative estimate of drug-likeness (QED) is 0.585. The van der Waals surface area contributed by atoms with Crippen LogP contribution in [0.5, 0.6) is 0 Å². The summed E-state index contributed by atoms with van der Waals surface area (Å²) in [6, 6.07) is 11.9. The fraction of sp³-hybridized carbons (Fsp3) is 0.0588. The van der Waals surface area contributed by atoms with Gasteiger partial charge >= 0.3 is 5.69 Å². The number of carbonyl (C=O) groups excluding carboxylic acids is 1. The fourth-order valence-electron chi connectivity index (χ4n) is 2.63. The van der Waals surface area contributed by atoms with Gasteiger partial charge in [-0.15, -0.1) is 5.10 Å². The van der Waals surface area contributed by atoms with E-state index in [1.165, 1.54) is 10.7 Å². The van der Waals surface area contributed by atoms with Gasteiger partial charge in [0.05, 0.1) is 5.52 Å². The zero-order chi connectivity index (χ0) is 18.3. The van der Waals surface area contributed by atoms with Crippen molar-refractivity contribution in [1.82, 2.24) is 19.2 Å². The summed E-state index contributed by atoms with van der Waals surface area (Å²) in [6.07, 6.45) is 1.38. The predicted octanol–water partition coefficient (Wildman–Crippen LogP) is 2.99. The Balaban J connectivity index is 1.69. The molecule has 0 aliphatic carbocycles. The van der Waals surface area contributed by atoms with Gasteiger partial charge in [0.1, 0.15) is 12.9 Å². The largest absolute Gasteiger partial charge is 0.352 e. The number of nitrogens with one attached hydrogen (secondary N) is 1. The molecule has 130 valence electrons. The first-order chi connectivity index (χ1) is 12.5. The highest BCUT2D eigenvalue weighted by atomic mass is 35.5. The smallest absolute Gasteiger partial charge is 0.324 e. The summed E-state index contributed by atoms with van der Waals surface area (Å²) >= 11 is 11.9. The van der Waals surface area contributed by atoms with Crippen LogP contribution in [0, 0.1) is 0 Å². The van der Waals surface area contributed by atoms with Crippen molar-refractivity contribution in [2.24, 2.45) is 0 Å². The summed E-state index contributed by atoms with van der Waals surface area (Å²) in [5.41, 5.74) is 1.12. The van der Waals surface area contributed by atoms with Crippen molar-refractivity contribution in [2.45, 2.75) is 6.54 Å². The molecule has 1 amide bonds. The van der Waals surface area contributed by atoms with Crippen molar-refractivity contribution >= 4 is 51.3 Å². The molecule has 9 heteroatoms. The minimum Gasteiger partial charge on any atom is -0.324 e. The van der Waals surface area contributed by atoms with E-state index in [0.29, 0.717) is 32.3 Å². The molecule has 0 saturated heterocycles. The highest BCUT2D eigenvalue weighted by Gasteiger charge is 2.14. The summed E-state index contributed by atoms with van der Waals surface area (Å²) in [4.78, 5) is 28.9. The van der Waals surface area contributed by atoms with Gasteiger partial charge in [-0.2, -0.15) is 0 Å². The molecule has 2 aromatic carbocycles. The molecule has 0 radical (unpaired) electrons. The lowest BCUT2D eigenvalue weighted by Crippen LogP contribution is -2.28. The molecule has 0 unspecified atom stereocenters. The summed E-state index contributed by atoms with van der Waals surface area (Å²) in [6.45, 7) is -0.241. The van der Waals surface area contributed by atoms with Gasteiger partial charge in [0.25, 0.3) is 0 Å². The van der Waals surface area contributed by atoms with E-state index in [1.54, 1.807) is 42.5 Å². The topological polar surface area (TPSA) is 81.3 Å². The molecule has 1 N–H and O–H groups in total. The lowest BCUT2D eigenvalue weighted by molar-refractivity contribution is -0.117. The third-order valence-electron chi connectivity index (χ3n) is 3.78. The van der Waals surface area contributed by atoms with Crippen molar-refractivity contribution in [1.29, 1.82) is 0 Å². The van der Waals surface area contributed by atoms with Crippen LogP contribution in [0.2, 0.25) is 10.0 Å². The number of nitrogens with zero attached hydrogens (tertiary/aromatic N) is 4. The Kier molecular flexibility index (Phi) is 4.10. The molecule has 4 rings (SSSR count). The molecule has 0 aliphatic heterocycles. The lowest BCUT2D eigenvalue weighted by atomic mass is 10.2. The Bertz CT molecular complexity index is 1210. The molecular formula is C17H11Cl2N5O2. The first-order valence-corrected chi connectivity index (χ1v) is 8.36. The average Bonchev–Trinajstić information content (AvgIpc) is 2.91. The summed E-state index contributed by atoms with van der Waals surface area (Å²) in [7, 11) is 0. The van der Waals surface area contributed by atoms with Gasteiger partial charge in [0, 0.05) is 21.1 Å². The van der Waals surface area contributed by atoms with Crippen molar-refractivity contribution in [3.8, 4) is 0 Å². The first-order valence-electron chi connectivity index (χ1n) is 7.60. The number of amides is 1. The van der Waals surface area contributed by atoms with Crippen LogP contribution in [0.15, 0.2) is 53.6 Å². The van der Waals surface area contributed by atoms with Crippen LogP contribution in [-0.2, 0) is 11.3 Å². The number of benzene rings is 2. The Morgan fingerprint density at radius 3 is 2.73 bits per heavy atom. The molecule has 0 saturated carbocycles. The normalized spacial score (nSPS) is 11.2. The standard InChI is InChI=1S/C17H11Cl2N5O2/c18-10-2-1-3-12(6-10)21-15(25)8-24-17(26)23-9-20-14-5-4-11(19)7-13(14)16(23)22-24/h1-7,9H,8H2,(H,21,25). The maximum Gasteiger partial charge on any atom is 0.352 e. The molecule has 2 aromatic heterocycles. The van der Waals surface area contributed by atoms with Crippen molar-refractivity contribution in [3.05, 3.63) is 69.3 Å². The molecule has 0 fully saturated rings. The third-order valence-corrected chi connectivity index (χ3v) is 4.25. The van der Waals surface area contributed by atoms with Gasteiger partial charge in [-0.25, -0.2) is 18.9 Å². The van der Waals surface area contributed by atoms with E-state index in [0.717, 1.165) is 4.68 Å². The van der Waals surface area contributed by atoms with Crippen LogP contribution >= 0.6 is 23.2 Å². The first kappa shape index (κ1) is 16.6. The molecule has 0 aliphatic rings. The molecule has 0 atom stereocenters. The minimum absolute atomic E-state index is 0.241. The minimum atomic E-state index is -0.462. The van der Waals surface area contributed by atoms with Crippen molar-refractivity contribution in [2.75, 3.05) is 5.32 Å². The zero-order valence-electron chi connectivity index (χ0n) is 13.2. The molecular weight excluding hydrogens is 377 g/mol. The summed E-state index contributed by atoms with van der Waals surface area (Å²) in [5.74, 6) is -0.395. The fourth-order valence-corrected chi connectivity index (χ4v) is 3.00. The molecule has 7 nitrogen and oxygen atoms in total. The highest BCUT2D eigenvalue weighted by molar-refractivity contribution is 6.31. The zero-order valence-corrected chi connectivity index (χ0v) is 14.7. The summed E-state index contributed by atoms with van der Waals surface area (Å²) < 4.78 is 2.36. The number of hydrogen-bond acceptors (Lipinski definition) is 4. The Morgan fingerprint density at radius 2 is 1.92 bits per heavy atom. The van der Waals surface area contributed by atoms with E-state index in [1.807, 2.05) is 0 Å². The molecule has 0 bridgehead atoms. The molecule has 26 heavy (non-hydrogen) atoms. The average molecular weight is 388 g/mol. The number of carbonyl (C=O) groups is 1. The predicted molar refractivity (Wildman–Crippen MR) is 99.8 cm³/mol. The lowest BCUT2D eigenvalue weighted by Gasteiger charge is -2.04. The van der Waals surface area contributed by atoms with Crippen LogP contribution in [-0.4, -0.2) is 25.1 Å². The second-order valence-corrected chi connectivity index (χ2v) is 6.47. The molecule has 4 aromatic rings. The maximum absolute atomic E-state index is 12.5. The van der Waals surface area contributed by atoms with Gasteiger partial charge < -0.3 is 5.32 Å². The van der Waals surface area contributed by atoms with Crippen LogP contribution in [0.3, 0.4) is 0 Å². The second-order valence-electron chi connectivity index (χ2n) is 5.60. The van der Waals surface area contributed by atoms with E-state index in [-0.39, 0.29) is 6.54 Å². The number of hydrogen-bond donors (Lipinski definition) is 1. The van der Waals surface area contributed by atoms with E-state index in [2.05, 4.69) is 15.4 Å². The Hall–Kier alpha value is -2.90. The number of halogens is 2. The SMILES string of the molecule is O=C(Cn1nc2c3cc(Cl)ccc3ncn2c1=O)Nc1cccc(Cl)c1. The monoisotopic (exact) mass is 387 g/mol. The van der Waals surface area contributed by atoms with Crippen molar-refractivity contribution in [3.63, 3.8) is 0 Å². The van der Waals surface area contributed by atoms with Gasteiger partial charge in [-0.3, -0.25) is 4.79 Å². The van der Waals surface area contributed by atoms with Crippen LogP contribution < -0.4 is 11.0 Å². The number of rotatable bonds is 3. The number of aromatic nitrogens is 4. The van der Waals surface area contributed by atoms with Gasteiger partial charge in [0.2, 0.25) is 5.91 Å². The highest BCUT2D eigenvalue weighted by Crippen LogP contribution is 2.20. The van der Waals surface area contributed by atoms with E-state index in [4.69, 9.17) is 23.2 Å². The maximum atomic E-state index is 12.5. The number of fused-ring (bicyclic) bond motifs is 3. The van der Waals surface area contributed by atoms with Crippen molar-refractivity contribution < 1.29 is 4.79 Å². The third kappa shape index (κ3) is 3.02. The van der Waals surface area contributed by atoms with Crippen LogP contribution in [0.25, 0.3) is 16.6 Å². The number of anilines is 1. The van der Waals surface area contributed by atoms with Crippen LogP contribution in [0.1, 0.15) is 0 Å². The molecule has 2 heterocycles. The molecule has 0 spiro atoms. The second kappa shape index (κ2) is 6.44. The summed E-state index contributed by atoms with van der Waals surface area (Å²) in [5, 5.41) is 8.58. The van der Waals surface area contributed by atoms with E-state index < -0.39 is 11.6 Å². The van der Waals surface area contributed by atoms with E-state index >= 15 is 0 Å².